The molecule has 1 aromatic rings. The van der Waals surface area contributed by atoms with Crippen LogP contribution in [0, 0.1) is 6.92 Å². The van der Waals surface area contributed by atoms with Gasteiger partial charge in [-0.15, -0.1) is 0 Å². The van der Waals surface area contributed by atoms with Crippen LogP contribution in [0.5, 0.6) is 0 Å². The van der Waals surface area contributed by atoms with Gasteiger partial charge in [-0.2, -0.15) is 11.8 Å². The molecule has 0 spiro atoms. The maximum Gasteiger partial charge on any atom is 0.138 e. The van der Waals surface area contributed by atoms with E-state index in [4.69, 9.17) is 5.73 Å². The summed E-state index contributed by atoms with van der Waals surface area (Å²) in [6.07, 6.45) is 3.05. The van der Waals surface area contributed by atoms with Crippen molar-refractivity contribution in [3.63, 3.8) is 0 Å². The molecule has 3 nitrogen and oxygen atoms in total. The molecule has 0 radical (unpaired) electrons. The zero-order valence-electron chi connectivity index (χ0n) is 9.66. The molecule has 0 aromatic carbocycles. The number of rotatable bonds is 5. The van der Waals surface area contributed by atoms with Gasteiger partial charge in [0.25, 0.3) is 0 Å². The third-order valence-electron chi connectivity index (χ3n) is 2.14. The average molecular weight is 225 g/mol. The van der Waals surface area contributed by atoms with Gasteiger partial charge in [-0.05, 0) is 26.0 Å². The molecule has 4 heteroatoms. The Labute approximate surface area is 95.9 Å². The number of aromatic nitrogens is 2. The summed E-state index contributed by atoms with van der Waals surface area (Å²) in [6, 6.07) is 0.0161. The monoisotopic (exact) mass is 225 g/mol. The fraction of sp³-hybridized carbons (Fsp3) is 0.636. The summed E-state index contributed by atoms with van der Waals surface area (Å²) in [5, 5.41) is 0. The Kier molecular flexibility index (Phi) is 5.05. The van der Waals surface area contributed by atoms with Crippen molar-refractivity contribution in [1.82, 2.24) is 9.97 Å². The second-order valence-electron chi connectivity index (χ2n) is 3.67. The number of aryl methyl sites for hydroxylation is 1. The summed E-state index contributed by atoms with van der Waals surface area (Å²) in [4.78, 5) is 8.77. The molecular formula is C11H19N3S. The Morgan fingerprint density at radius 3 is 2.80 bits per heavy atom. The SMILES string of the molecule is CCCSCc1ncc([C@H](C)N)c(C)n1. The molecule has 0 amide bonds. The third-order valence-corrected chi connectivity index (χ3v) is 3.30. The molecule has 1 aromatic heterocycles. The van der Waals surface area contributed by atoms with Crippen LogP contribution in [0.4, 0.5) is 0 Å². The van der Waals surface area contributed by atoms with E-state index in [1.165, 1.54) is 6.42 Å². The van der Waals surface area contributed by atoms with Crippen LogP contribution in [-0.4, -0.2) is 15.7 Å². The fourth-order valence-corrected chi connectivity index (χ4v) is 2.10. The first-order valence-corrected chi connectivity index (χ1v) is 6.46. The van der Waals surface area contributed by atoms with Gasteiger partial charge in [-0.1, -0.05) is 6.92 Å². The van der Waals surface area contributed by atoms with Crippen molar-refractivity contribution in [3.05, 3.63) is 23.3 Å². The number of hydrogen-bond acceptors (Lipinski definition) is 4. The number of nitrogens with two attached hydrogens (primary N) is 1. The Morgan fingerprint density at radius 1 is 1.53 bits per heavy atom. The van der Waals surface area contributed by atoms with Gasteiger partial charge in [-0.25, -0.2) is 9.97 Å². The number of nitrogens with zero attached hydrogens (tertiary/aromatic N) is 2. The summed E-state index contributed by atoms with van der Waals surface area (Å²) < 4.78 is 0. The predicted octanol–water partition coefficient (Wildman–Crippen LogP) is 2.45. The first-order valence-electron chi connectivity index (χ1n) is 5.31. The largest absolute Gasteiger partial charge is 0.324 e. The number of hydrogen-bond donors (Lipinski definition) is 1. The molecule has 0 bridgehead atoms. The predicted molar refractivity (Wildman–Crippen MR) is 65.8 cm³/mol. The number of thioether (sulfide) groups is 1. The standard InChI is InChI=1S/C11H19N3S/c1-4-5-15-7-11-13-6-10(8(2)12)9(3)14-11/h6,8H,4-5,7,12H2,1-3H3/t8-/m0/s1. The van der Waals surface area contributed by atoms with E-state index in [1.807, 2.05) is 31.8 Å². The summed E-state index contributed by atoms with van der Waals surface area (Å²) in [5.41, 5.74) is 7.85. The smallest absolute Gasteiger partial charge is 0.138 e. The van der Waals surface area contributed by atoms with Crippen LogP contribution in [0.15, 0.2) is 6.20 Å². The molecule has 0 unspecified atom stereocenters. The molecule has 1 rings (SSSR count). The lowest BCUT2D eigenvalue weighted by molar-refractivity contribution is 0.781. The first kappa shape index (κ1) is 12.5. The molecule has 1 atom stereocenters. The summed E-state index contributed by atoms with van der Waals surface area (Å²) in [5.74, 6) is 2.97. The highest BCUT2D eigenvalue weighted by Crippen LogP contribution is 2.14. The molecular weight excluding hydrogens is 206 g/mol. The zero-order chi connectivity index (χ0) is 11.3. The lowest BCUT2D eigenvalue weighted by atomic mass is 10.1. The van der Waals surface area contributed by atoms with Gasteiger partial charge < -0.3 is 5.73 Å². The van der Waals surface area contributed by atoms with Crippen molar-refractivity contribution in [1.29, 1.82) is 0 Å². The van der Waals surface area contributed by atoms with Gasteiger partial charge in [0, 0.05) is 23.5 Å². The lowest BCUT2D eigenvalue weighted by Gasteiger charge is -2.09. The van der Waals surface area contributed by atoms with Crippen molar-refractivity contribution >= 4 is 11.8 Å². The van der Waals surface area contributed by atoms with Gasteiger partial charge >= 0.3 is 0 Å². The van der Waals surface area contributed by atoms with Crippen LogP contribution in [0.3, 0.4) is 0 Å². The van der Waals surface area contributed by atoms with Crippen molar-refractivity contribution in [2.24, 2.45) is 5.73 Å². The highest BCUT2D eigenvalue weighted by molar-refractivity contribution is 7.98. The first-order chi connectivity index (χ1) is 7.15. The van der Waals surface area contributed by atoms with E-state index in [1.54, 1.807) is 0 Å². The van der Waals surface area contributed by atoms with E-state index in [0.29, 0.717) is 0 Å². The Balaban J connectivity index is 2.65. The van der Waals surface area contributed by atoms with Crippen LogP contribution in [-0.2, 0) is 5.75 Å². The Hall–Kier alpha value is -0.610. The maximum absolute atomic E-state index is 5.80. The second kappa shape index (κ2) is 6.08. The highest BCUT2D eigenvalue weighted by Gasteiger charge is 2.06. The van der Waals surface area contributed by atoms with E-state index in [-0.39, 0.29) is 6.04 Å². The van der Waals surface area contributed by atoms with Crippen LogP contribution in [0.2, 0.25) is 0 Å². The average Bonchev–Trinajstić information content (AvgIpc) is 2.17. The van der Waals surface area contributed by atoms with Crippen LogP contribution >= 0.6 is 11.8 Å². The van der Waals surface area contributed by atoms with Gasteiger partial charge in [0.05, 0.1) is 5.75 Å². The van der Waals surface area contributed by atoms with E-state index >= 15 is 0 Å². The van der Waals surface area contributed by atoms with E-state index in [9.17, 15) is 0 Å². The van der Waals surface area contributed by atoms with Gasteiger partial charge in [0.15, 0.2) is 0 Å². The summed E-state index contributed by atoms with van der Waals surface area (Å²) in [7, 11) is 0. The van der Waals surface area contributed by atoms with E-state index in [2.05, 4.69) is 16.9 Å². The zero-order valence-corrected chi connectivity index (χ0v) is 10.5. The van der Waals surface area contributed by atoms with Crippen molar-refractivity contribution in [2.75, 3.05) is 5.75 Å². The van der Waals surface area contributed by atoms with Gasteiger partial charge in [0.2, 0.25) is 0 Å². The highest BCUT2D eigenvalue weighted by atomic mass is 32.2. The minimum Gasteiger partial charge on any atom is -0.324 e. The molecule has 0 saturated carbocycles. The Morgan fingerprint density at radius 2 is 2.27 bits per heavy atom. The molecule has 15 heavy (non-hydrogen) atoms. The molecule has 2 N–H and O–H groups in total. The second-order valence-corrected chi connectivity index (χ2v) is 4.77. The van der Waals surface area contributed by atoms with Gasteiger partial charge in [0.1, 0.15) is 5.82 Å². The van der Waals surface area contributed by atoms with Crippen molar-refractivity contribution in [2.45, 2.75) is 39.0 Å². The van der Waals surface area contributed by atoms with Crippen LogP contribution in [0.25, 0.3) is 0 Å². The normalized spacial score (nSPS) is 12.8. The molecule has 0 aliphatic rings. The maximum atomic E-state index is 5.80. The summed E-state index contributed by atoms with van der Waals surface area (Å²) in [6.45, 7) is 6.13. The molecule has 0 fully saturated rings. The molecule has 0 aliphatic carbocycles. The molecule has 84 valence electrons. The quantitative estimate of drug-likeness (QED) is 0.782. The Bertz CT molecular complexity index is 313. The molecule has 0 saturated heterocycles. The van der Waals surface area contributed by atoms with Crippen LogP contribution in [0.1, 0.15) is 43.4 Å². The summed E-state index contributed by atoms with van der Waals surface area (Å²) >= 11 is 1.87. The molecule has 1 heterocycles. The van der Waals surface area contributed by atoms with Crippen LogP contribution < -0.4 is 5.73 Å². The van der Waals surface area contributed by atoms with Crippen molar-refractivity contribution < 1.29 is 0 Å². The molecule has 0 aliphatic heterocycles. The minimum atomic E-state index is 0.0161. The van der Waals surface area contributed by atoms with Gasteiger partial charge in [-0.3, -0.25) is 0 Å². The lowest BCUT2D eigenvalue weighted by Crippen LogP contribution is -2.10. The van der Waals surface area contributed by atoms with Crippen molar-refractivity contribution in [3.8, 4) is 0 Å². The fourth-order valence-electron chi connectivity index (χ4n) is 1.35. The van der Waals surface area contributed by atoms with E-state index in [0.717, 1.165) is 28.6 Å². The third kappa shape index (κ3) is 3.80. The minimum absolute atomic E-state index is 0.0161. The topological polar surface area (TPSA) is 51.8 Å². The van der Waals surface area contributed by atoms with E-state index < -0.39 is 0 Å².